The van der Waals surface area contributed by atoms with E-state index in [0.29, 0.717) is 31.3 Å². The van der Waals surface area contributed by atoms with Gasteiger partial charge < -0.3 is 14.5 Å². The van der Waals surface area contributed by atoms with Crippen molar-refractivity contribution < 1.29 is 9.53 Å². The fraction of sp³-hybridized carbons (Fsp3) is 0.500. The van der Waals surface area contributed by atoms with Crippen molar-refractivity contribution in [3.8, 4) is 0 Å². The average molecular weight is 356 g/mol. The molecule has 8 heteroatoms. The van der Waals surface area contributed by atoms with Gasteiger partial charge in [0.2, 0.25) is 0 Å². The number of likely N-dealkylation sites (tertiary alicyclic amines) is 1. The zero-order chi connectivity index (χ0) is 18.6. The molecule has 1 atom stereocenters. The minimum Gasteiger partial charge on any atom is -0.444 e. The van der Waals surface area contributed by atoms with E-state index >= 15 is 0 Å². The van der Waals surface area contributed by atoms with E-state index in [9.17, 15) is 4.79 Å². The van der Waals surface area contributed by atoms with Crippen LogP contribution < -0.4 is 4.90 Å². The zero-order valence-corrected chi connectivity index (χ0v) is 15.4. The lowest BCUT2D eigenvalue weighted by Gasteiger charge is -2.26. The lowest BCUT2D eigenvalue weighted by atomic mass is 10.1. The molecule has 1 fully saturated rings. The minimum absolute atomic E-state index is 0.259. The smallest absolute Gasteiger partial charge is 0.410 e. The Balaban J connectivity index is 1.70. The highest BCUT2D eigenvalue weighted by atomic mass is 16.6. The molecule has 2 aromatic rings. The molecule has 138 valence electrons. The number of nitrogens with zero attached hydrogens (tertiary/aromatic N) is 6. The maximum Gasteiger partial charge on any atom is 0.410 e. The average Bonchev–Trinajstić information content (AvgIpc) is 3.09. The second-order valence-electron chi connectivity index (χ2n) is 7.32. The molecule has 0 spiro atoms. The monoisotopic (exact) mass is 356 g/mol. The third-order valence-corrected chi connectivity index (χ3v) is 4.03. The number of anilines is 2. The van der Waals surface area contributed by atoms with Crippen molar-refractivity contribution in [3.05, 3.63) is 37.2 Å². The Morgan fingerprint density at radius 2 is 1.77 bits per heavy atom. The molecule has 3 rings (SSSR count). The molecule has 0 bridgehead atoms. The van der Waals surface area contributed by atoms with E-state index in [0.717, 1.165) is 6.42 Å². The van der Waals surface area contributed by atoms with Crippen molar-refractivity contribution in [3.63, 3.8) is 0 Å². The summed E-state index contributed by atoms with van der Waals surface area (Å²) in [6.45, 7) is 7.64. The summed E-state index contributed by atoms with van der Waals surface area (Å²) in [5.74, 6) is 1.71. The quantitative estimate of drug-likeness (QED) is 0.832. The highest BCUT2D eigenvalue weighted by molar-refractivity contribution is 5.68. The van der Waals surface area contributed by atoms with Crippen LogP contribution in [0.15, 0.2) is 37.2 Å². The highest BCUT2D eigenvalue weighted by Gasteiger charge is 2.31. The maximum absolute atomic E-state index is 12.3. The molecule has 0 N–H and O–H groups in total. The van der Waals surface area contributed by atoms with Gasteiger partial charge in [0.15, 0.2) is 11.6 Å². The van der Waals surface area contributed by atoms with Gasteiger partial charge in [0, 0.05) is 44.4 Å². The standard InChI is InChI=1S/C18H24N6O2/c1-18(2,3)26-17(25)23-9-4-14(12-23)13-24(15-10-19-5-7-21-15)16-11-20-6-8-22-16/h5-8,10-11,14H,4,9,12-13H2,1-3H3. The topological polar surface area (TPSA) is 84.3 Å². The highest BCUT2D eigenvalue weighted by Crippen LogP contribution is 2.26. The van der Waals surface area contributed by atoms with Gasteiger partial charge >= 0.3 is 6.09 Å². The third kappa shape index (κ3) is 4.65. The molecule has 1 aliphatic rings. The van der Waals surface area contributed by atoms with Crippen LogP contribution in [0.25, 0.3) is 0 Å². The molecule has 1 aliphatic heterocycles. The van der Waals surface area contributed by atoms with Gasteiger partial charge in [-0.1, -0.05) is 0 Å². The Morgan fingerprint density at radius 3 is 2.27 bits per heavy atom. The van der Waals surface area contributed by atoms with Crippen LogP contribution >= 0.6 is 0 Å². The lowest BCUT2D eigenvalue weighted by Crippen LogP contribution is -2.36. The molecule has 0 radical (unpaired) electrons. The second-order valence-corrected chi connectivity index (χ2v) is 7.32. The number of aromatic nitrogens is 4. The van der Waals surface area contributed by atoms with Crippen LogP contribution in [-0.4, -0.2) is 56.2 Å². The summed E-state index contributed by atoms with van der Waals surface area (Å²) in [5, 5.41) is 0. The van der Waals surface area contributed by atoms with Gasteiger partial charge in [-0.15, -0.1) is 0 Å². The summed E-state index contributed by atoms with van der Waals surface area (Å²) in [4.78, 5) is 33.1. The number of carbonyl (C=O) groups is 1. The summed E-state index contributed by atoms with van der Waals surface area (Å²) in [5.41, 5.74) is -0.486. The van der Waals surface area contributed by atoms with Gasteiger partial charge in [-0.25, -0.2) is 14.8 Å². The van der Waals surface area contributed by atoms with E-state index in [2.05, 4.69) is 19.9 Å². The third-order valence-electron chi connectivity index (χ3n) is 4.03. The van der Waals surface area contributed by atoms with Gasteiger partial charge in [-0.05, 0) is 33.1 Å². The van der Waals surface area contributed by atoms with Crippen molar-refractivity contribution in [1.82, 2.24) is 24.8 Å². The molecule has 0 aromatic carbocycles. The molecular weight excluding hydrogens is 332 g/mol. The first-order chi connectivity index (χ1) is 12.4. The Morgan fingerprint density at radius 1 is 1.15 bits per heavy atom. The Bertz CT molecular complexity index is 680. The number of ether oxygens (including phenoxy) is 1. The van der Waals surface area contributed by atoms with Crippen molar-refractivity contribution in [1.29, 1.82) is 0 Å². The molecule has 0 aliphatic carbocycles. The summed E-state index contributed by atoms with van der Waals surface area (Å²) in [6, 6.07) is 0. The van der Waals surface area contributed by atoms with E-state index in [4.69, 9.17) is 4.74 Å². The summed E-state index contributed by atoms with van der Waals surface area (Å²) < 4.78 is 5.47. The van der Waals surface area contributed by atoms with Crippen LogP contribution in [0.5, 0.6) is 0 Å². The van der Waals surface area contributed by atoms with Crippen LogP contribution in [0.1, 0.15) is 27.2 Å². The van der Waals surface area contributed by atoms with Crippen molar-refractivity contribution in [2.24, 2.45) is 5.92 Å². The van der Waals surface area contributed by atoms with E-state index in [-0.39, 0.29) is 12.0 Å². The molecule has 1 saturated heterocycles. The summed E-state index contributed by atoms with van der Waals surface area (Å²) in [6.07, 6.45) is 10.6. The van der Waals surface area contributed by atoms with Crippen LogP contribution in [0.4, 0.5) is 16.4 Å². The zero-order valence-electron chi connectivity index (χ0n) is 15.4. The fourth-order valence-corrected chi connectivity index (χ4v) is 2.90. The summed E-state index contributed by atoms with van der Waals surface area (Å²) in [7, 11) is 0. The fourth-order valence-electron chi connectivity index (χ4n) is 2.90. The first-order valence-electron chi connectivity index (χ1n) is 8.70. The molecule has 26 heavy (non-hydrogen) atoms. The number of amides is 1. The first kappa shape index (κ1) is 18.0. The normalized spacial score (nSPS) is 17.2. The molecule has 8 nitrogen and oxygen atoms in total. The van der Waals surface area contributed by atoms with Crippen molar-refractivity contribution in [2.75, 3.05) is 24.5 Å². The maximum atomic E-state index is 12.3. The number of rotatable bonds is 4. The van der Waals surface area contributed by atoms with Crippen LogP contribution in [0.2, 0.25) is 0 Å². The summed E-state index contributed by atoms with van der Waals surface area (Å²) >= 11 is 0. The molecule has 0 saturated carbocycles. The molecular formula is C18H24N6O2. The number of hydrogen-bond acceptors (Lipinski definition) is 7. The Hall–Kier alpha value is -2.77. The molecule has 2 aromatic heterocycles. The van der Waals surface area contributed by atoms with Crippen molar-refractivity contribution in [2.45, 2.75) is 32.8 Å². The van der Waals surface area contributed by atoms with E-state index < -0.39 is 5.60 Å². The Labute approximate surface area is 153 Å². The molecule has 1 unspecified atom stereocenters. The molecule has 3 heterocycles. The van der Waals surface area contributed by atoms with Gasteiger partial charge in [-0.3, -0.25) is 9.97 Å². The van der Waals surface area contributed by atoms with Crippen LogP contribution in [0.3, 0.4) is 0 Å². The van der Waals surface area contributed by atoms with E-state index in [1.54, 1.807) is 42.1 Å². The molecule has 1 amide bonds. The lowest BCUT2D eigenvalue weighted by molar-refractivity contribution is 0.0289. The van der Waals surface area contributed by atoms with Gasteiger partial charge in [0.25, 0.3) is 0 Å². The van der Waals surface area contributed by atoms with Gasteiger partial charge in [0.1, 0.15) is 5.60 Å². The second kappa shape index (κ2) is 7.63. The number of carbonyl (C=O) groups excluding carboxylic acids is 1. The van der Waals surface area contributed by atoms with Crippen LogP contribution in [-0.2, 0) is 4.74 Å². The predicted molar refractivity (Wildman–Crippen MR) is 97.0 cm³/mol. The van der Waals surface area contributed by atoms with E-state index in [1.807, 2.05) is 25.7 Å². The van der Waals surface area contributed by atoms with Crippen LogP contribution in [0, 0.1) is 5.92 Å². The van der Waals surface area contributed by atoms with E-state index in [1.165, 1.54) is 0 Å². The largest absolute Gasteiger partial charge is 0.444 e. The van der Waals surface area contributed by atoms with Crippen molar-refractivity contribution >= 4 is 17.7 Å². The first-order valence-corrected chi connectivity index (χ1v) is 8.70. The predicted octanol–water partition coefficient (Wildman–Crippen LogP) is 2.66. The Kier molecular flexibility index (Phi) is 5.29. The number of hydrogen-bond donors (Lipinski definition) is 0. The van der Waals surface area contributed by atoms with Gasteiger partial charge in [0.05, 0.1) is 12.4 Å². The SMILES string of the molecule is CC(C)(C)OC(=O)N1CCC(CN(c2cnccn2)c2cnccn2)C1. The minimum atomic E-state index is -0.486. The van der Waals surface area contributed by atoms with Gasteiger partial charge in [-0.2, -0.15) is 0 Å².